The average molecular weight is 739 g/mol. The van der Waals surface area contributed by atoms with Gasteiger partial charge in [0.15, 0.2) is 11.5 Å². The van der Waals surface area contributed by atoms with E-state index < -0.39 is 0 Å². The summed E-state index contributed by atoms with van der Waals surface area (Å²) < 4.78 is 12.1. The zero-order chi connectivity index (χ0) is 28.6. The summed E-state index contributed by atoms with van der Waals surface area (Å²) in [6, 6.07) is 8.12. The smallest absolute Gasteiger partial charge is 0.161 e. The van der Waals surface area contributed by atoms with Gasteiger partial charge in [-0.2, -0.15) is 119 Å². The molecule has 0 heterocycles. The first-order valence-corrected chi connectivity index (χ1v) is 24.6. The molecule has 0 bridgehead atoms. The van der Waals surface area contributed by atoms with Crippen molar-refractivity contribution in [3.63, 3.8) is 0 Å². The van der Waals surface area contributed by atoms with Crippen molar-refractivity contribution in [2.75, 3.05) is 117 Å². The van der Waals surface area contributed by atoms with Crippen LogP contribution in [0.5, 0.6) is 11.5 Å². The summed E-state index contributed by atoms with van der Waals surface area (Å²) in [5.41, 5.74) is 0. The Morgan fingerprint density at radius 1 is 0.400 bits per heavy atom. The quantitative estimate of drug-likeness (QED) is 0.0549. The van der Waals surface area contributed by atoms with Crippen LogP contribution in [0.1, 0.15) is 12.8 Å². The highest BCUT2D eigenvalue weighted by Crippen LogP contribution is 2.27. The van der Waals surface area contributed by atoms with Gasteiger partial charge in [-0.05, 0) is 48.0 Å². The molecule has 1 aromatic carbocycles. The molecule has 0 N–H and O–H groups in total. The average Bonchev–Trinajstić information content (AvgIpc) is 2.97. The predicted octanol–water partition coefficient (Wildman–Crippen LogP) is 8.95. The lowest BCUT2D eigenvalue weighted by Gasteiger charge is -2.12. The molecule has 0 spiro atoms. The number of thiol groups is 2. The summed E-state index contributed by atoms with van der Waals surface area (Å²) >= 11 is 25.0. The van der Waals surface area contributed by atoms with Crippen molar-refractivity contribution in [1.82, 2.24) is 0 Å². The number of para-hydroxylation sites is 2. The molecule has 234 valence electrons. The summed E-state index contributed by atoms with van der Waals surface area (Å²) in [5.74, 6) is 23.6. The maximum Gasteiger partial charge on any atom is 0.161 e. The van der Waals surface area contributed by atoms with Gasteiger partial charge >= 0.3 is 0 Å². The lowest BCUT2D eigenvalue weighted by molar-refractivity contribution is 0.269. The molecular formula is C28H50O2S10. The summed E-state index contributed by atoms with van der Waals surface area (Å²) in [6.45, 7) is 1.51. The van der Waals surface area contributed by atoms with Crippen LogP contribution in [-0.4, -0.2) is 117 Å². The van der Waals surface area contributed by atoms with E-state index in [0.717, 1.165) is 60.6 Å². The van der Waals surface area contributed by atoms with E-state index in [1.165, 1.54) is 80.5 Å². The van der Waals surface area contributed by atoms with Gasteiger partial charge in [0.1, 0.15) is 0 Å². The van der Waals surface area contributed by atoms with Gasteiger partial charge in [-0.15, -0.1) is 0 Å². The van der Waals surface area contributed by atoms with E-state index >= 15 is 0 Å². The number of benzene rings is 1. The maximum absolute atomic E-state index is 6.05. The fraction of sp³-hybridized carbons (Fsp3) is 0.786. The Hall–Kier alpha value is 2.32. The molecule has 0 aliphatic rings. The summed E-state index contributed by atoms with van der Waals surface area (Å²) in [6.07, 6.45) is 2.15. The van der Waals surface area contributed by atoms with Gasteiger partial charge < -0.3 is 9.47 Å². The Balaban J connectivity index is 1.90. The molecule has 1 aromatic rings. The zero-order valence-electron chi connectivity index (χ0n) is 23.8. The van der Waals surface area contributed by atoms with E-state index in [4.69, 9.17) is 9.47 Å². The minimum Gasteiger partial charge on any atom is -0.490 e. The van der Waals surface area contributed by atoms with Crippen molar-refractivity contribution < 1.29 is 9.47 Å². The first-order valence-electron chi connectivity index (χ1n) is 14.1. The van der Waals surface area contributed by atoms with E-state index in [9.17, 15) is 0 Å². The van der Waals surface area contributed by atoms with E-state index in [1.54, 1.807) is 0 Å². The summed E-state index contributed by atoms with van der Waals surface area (Å²) in [5, 5.41) is 0. The molecule has 0 aromatic heterocycles. The van der Waals surface area contributed by atoms with Crippen molar-refractivity contribution in [3.05, 3.63) is 24.3 Å². The second kappa shape index (κ2) is 34.2. The third-order valence-corrected chi connectivity index (χ3v) is 15.6. The Bertz CT molecular complexity index is 592. The molecule has 0 saturated heterocycles. The molecule has 12 heteroatoms. The fourth-order valence-electron chi connectivity index (χ4n) is 3.03. The SMILES string of the molecule is SCCSCCSCCSCCSCCCOc1ccccc1OCCCSCCSCCSCCSCCS. The van der Waals surface area contributed by atoms with Gasteiger partial charge in [0, 0.05) is 80.5 Å². The van der Waals surface area contributed by atoms with Crippen LogP contribution in [0, 0.1) is 0 Å². The molecule has 0 saturated carbocycles. The second-order valence-corrected chi connectivity index (χ2v) is 18.9. The normalized spacial score (nSPS) is 11.2. The van der Waals surface area contributed by atoms with Crippen LogP contribution in [0.3, 0.4) is 0 Å². The summed E-state index contributed by atoms with van der Waals surface area (Å²) in [7, 11) is 0. The van der Waals surface area contributed by atoms with Crippen LogP contribution in [-0.2, 0) is 0 Å². The Morgan fingerprint density at radius 3 is 0.975 bits per heavy atom. The Kier molecular flexibility index (Phi) is 34.5. The van der Waals surface area contributed by atoms with Gasteiger partial charge in [-0.1, -0.05) is 12.1 Å². The molecule has 0 aliphatic carbocycles. The number of thioether (sulfide) groups is 8. The third-order valence-electron chi connectivity index (χ3n) is 4.93. The van der Waals surface area contributed by atoms with Crippen LogP contribution in [0.25, 0.3) is 0 Å². The third kappa shape index (κ3) is 27.8. The van der Waals surface area contributed by atoms with Crippen LogP contribution in [0.2, 0.25) is 0 Å². The van der Waals surface area contributed by atoms with Gasteiger partial charge in [-0.25, -0.2) is 0 Å². The first-order chi connectivity index (χ1) is 19.9. The topological polar surface area (TPSA) is 18.5 Å². The molecule has 0 aliphatic heterocycles. The largest absolute Gasteiger partial charge is 0.490 e. The standard InChI is InChI=1S/C28H50O2S10/c31-9-13-35-17-21-39-25-23-37-19-15-33-11-3-7-29-27-5-1-2-6-28(27)30-8-4-12-34-16-20-38-24-26-40-22-18-36-14-10-32/h1-2,5-6,31-32H,3-4,7-26H2. The molecule has 0 radical (unpaired) electrons. The Morgan fingerprint density at radius 2 is 0.675 bits per heavy atom. The maximum atomic E-state index is 6.05. The highest BCUT2D eigenvalue weighted by molar-refractivity contribution is 8.06. The molecular weight excluding hydrogens is 689 g/mol. The van der Waals surface area contributed by atoms with Crippen LogP contribution < -0.4 is 9.47 Å². The highest BCUT2D eigenvalue weighted by Gasteiger charge is 2.04. The van der Waals surface area contributed by atoms with Gasteiger partial charge in [0.2, 0.25) is 0 Å². The van der Waals surface area contributed by atoms with Crippen molar-refractivity contribution in [2.24, 2.45) is 0 Å². The minimum absolute atomic E-state index is 0.753. The van der Waals surface area contributed by atoms with Crippen molar-refractivity contribution in [3.8, 4) is 11.5 Å². The van der Waals surface area contributed by atoms with Crippen molar-refractivity contribution >= 4 is 119 Å². The Labute approximate surface area is 291 Å². The summed E-state index contributed by atoms with van der Waals surface area (Å²) in [4.78, 5) is 0. The minimum atomic E-state index is 0.753. The van der Waals surface area contributed by atoms with Crippen molar-refractivity contribution in [1.29, 1.82) is 0 Å². The molecule has 0 atom stereocenters. The highest BCUT2D eigenvalue weighted by atomic mass is 32.2. The fourth-order valence-corrected chi connectivity index (χ4v) is 12.0. The molecule has 0 unspecified atom stereocenters. The second-order valence-electron chi connectivity index (χ2n) is 8.20. The molecule has 1 rings (SSSR count). The van der Waals surface area contributed by atoms with Crippen LogP contribution in [0.4, 0.5) is 0 Å². The van der Waals surface area contributed by atoms with Crippen LogP contribution in [0.15, 0.2) is 24.3 Å². The van der Waals surface area contributed by atoms with E-state index in [1.807, 2.05) is 71.3 Å². The molecule has 40 heavy (non-hydrogen) atoms. The van der Waals surface area contributed by atoms with Crippen molar-refractivity contribution in [2.45, 2.75) is 12.8 Å². The van der Waals surface area contributed by atoms with E-state index in [0.29, 0.717) is 0 Å². The lowest BCUT2D eigenvalue weighted by atomic mass is 10.3. The van der Waals surface area contributed by atoms with Gasteiger partial charge in [0.05, 0.1) is 13.2 Å². The van der Waals surface area contributed by atoms with Gasteiger partial charge in [-0.3, -0.25) is 0 Å². The molecule has 0 fully saturated rings. The number of hydrogen-bond donors (Lipinski definition) is 2. The molecule has 2 nitrogen and oxygen atoms in total. The zero-order valence-corrected chi connectivity index (χ0v) is 32.2. The first kappa shape index (κ1) is 40.3. The lowest BCUT2D eigenvalue weighted by Crippen LogP contribution is -2.04. The number of ether oxygens (including phenoxy) is 2. The van der Waals surface area contributed by atoms with Gasteiger partial charge in [0.25, 0.3) is 0 Å². The van der Waals surface area contributed by atoms with E-state index in [2.05, 4.69) is 72.3 Å². The predicted molar refractivity (Wildman–Crippen MR) is 213 cm³/mol. The van der Waals surface area contributed by atoms with Crippen LogP contribution >= 0.6 is 119 Å². The number of rotatable bonds is 32. The van der Waals surface area contributed by atoms with E-state index in [-0.39, 0.29) is 0 Å². The number of hydrogen-bond acceptors (Lipinski definition) is 12. The monoisotopic (exact) mass is 738 g/mol. The molecule has 0 amide bonds.